The summed E-state index contributed by atoms with van der Waals surface area (Å²) in [4.78, 5) is 1.36. The number of hydrogen-bond donors (Lipinski definition) is 0. The molecule has 0 unspecified atom stereocenters. The van der Waals surface area contributed by atoms with Crippen molar-refractivity contribution < 1.29 is 4.74 Å². The Balaban J connectivity index is 2.63. The molecule has 0 radical (unpaired) electrons. The number of aryl methyl sites for hydroxylation is 1. The van der Waals surface area contributed by atoms with Gasteiger partial charge in [0.05, 0.1) is 6.61 Å². The van der Waals surface area contributed by atoms with Gasteiger partial charge in [-0.15, -0.1) is 11.3 Å². The van der Waals surface area contributed by atoms with Gasteiger partial charge in [-0.25, -0.2) is 0 Å². The second-order valence-corrected chi connectivity index (χ2v) is 4.03. The van der Waals surface area contributed by atoms with Crippen LogP contribution in [0.15, 0.2) is 23.6 Å². The standard InChI is InChI=1S/C11H12OS/c1-3-12-11-6-4-5-9-8(2)13-7-10(9)11/h4-7H,3H2,1-2H3. The van der Waals surface area contributed by atoms with Crippen molar-refractivity contribution in [3.63, 3.8) is 0 Å². The third-order valence-corrected chi connectivity index (χ3v) is 3.03. The lowest BCUT2D eigenvalue weighted by atomic mass is 10.2. The van der Waals surface area contributed by atoms with E-state index in [4.69, 9.17) is 4.74 Å². The van der Waals surface area contributed by atoms with Gasteiger partial charge in [0.15, 0.2) is 0 Å². The first-order valence-electron chi connectivity index (χ1n) is 4.42. The van der Waals surface area contributed by atoms with Gasteiger partial charge in [0.25, 0.3) is 0 Å². The summed E-state index contributed by atoms with van der Waals surface area (Å²) < 4.78 is 5.54. The summed E-state index contributed by atoms with van der Waals surface area (Å²) in [6.07, 6.45) is 0. The molecule has 0 amide bonds. The minimum Gasteiger partial charge on any atom is -0.493 e. The molecular formula is C11H12OS. The average molecular weight is 192 g/mol. The van der Waals surface area contributed by atoms with Crippen molar-refractivity contribution in [2.45, 2.75) is 13.8 Å². The zero-order chi connectivity index (χ0) is 9.26. The average Bonchev–Trinajstić information content (AvgIpc) is 2.50. The summed E-state index contributed by atoms with van der Waals surface area (Å²) in [5.74, 6) is 1.00. The molecule has 2 rings (SSSR count). The zero-order valence-corrected chi connectivity index (χ0v) is 8.65. The quantitative estimate of drug-likeness (QED) is 0.706. The molecule has 0 aliphatic carbocycles. The van der Waals surface area contributed by atoms with Crippen LogP contribution >= 0.6 is 11.3 Å². The Morgan fingerprint density at radius 2 is 2.15 bits per heavy atom. The molecule has 1 aromatic heterocycles. The molecule has 0 aliphatic rings. The number of thiophene rings is 1. The molecule has 0 spiro atoms. The highest BCUT2D eigenvalue weighted by molar-refractivity contribution is 7.11. The van der Waals surface area contributed by atoms with Crippen molar-refractivity contribution in [3.8, 4) is 5.75 Å². The molecule has 1 aromatic carbocycles. The van der Waals surface area contributed by atoms with Crippen molar-refractivity contribution in [1.29, 1.82) is 0 Å². The van der Waals surface area contributed by atoms with E-state index in [-0.39, 0.29) is 0 Å². The molecule has 1 heterocycles. The molecule has 13 heavy (non-hydrogen) atoms. The van der Waals surface area contributed by atoms with Crippen LogP contribution in [0.3, 0.4) is 0 Å². The van der Waals surface area contributed by atoms with E-state index in [9.17, 15) is 0 Å². The fourth-order valence-electron chi connectivity index (χ4n) is 1.46. The molecule has 0 atom stereocenters. The van der Waals surface area contributed by atoms with Gasteiger partial charge in [-0.05, 0) is 25.3 Å². The minimum absolute atomic E-state index is 0.730. The zero-order valence-electron chi connectivity index (χ0n) is 7.83. The molecule has 0 fully saturated rings. The number of ether oxygens (including phenoxy) is 1. The van der Waals surface area contributed by atoms with Crippen LogP contribution in [0.2, 0.25) is 0 Å². The summed E-state index contributed by atoms with van der Waals surface area (Å²) in [6.45, 7) is 4.88. The smallest absolute Gasteiger partial charge is 0.127 e. The van der Waals surface area contributed by atoms with Gasteiger partial charge >= 0.3 is 0 Å². The van der Waals surface area contributed by atoms with E-state index >= 15 is 0 Å². The van der Waals surface area contributed by atoms with E-state index in [1.807, 2.05) is 19.1 Å². The Morgan fingerprint density at radius 3 is 2.92 bits per heavy atom. The first-order chi connectivity index (χ1) is 6.33. The molecule has 0 aliphatic heterocycles. The summed E-state index contributed by atoms with van der Waals surface area (Å²) in [6, 6.07) is 6.22. The van der Waals surface area contributed by atoms with Gasteiger partial charge < -0.3 is 4.74 Å². The third kappa shape index (κ3) is 1.42. The van der Waals surface area contributed by atoms with Crippen LogP contribution in [0.4, 0.5) is 0 Å². The lowest BCUT2D eigenvalue weighted by Gasteiger charge is -2.03. The summed E-state index contributed by atoms with van der Waals surface area (Å²) >= 11 is 1.78. The van der Waals surface area contributed by atoms with E-state index in [1.165, 1.54) is 15.6 Å². The fourth-order valence-corrected chi connectivity index (χ4v) is 2.31. The normalized spacial score (nSPS) is 10.6. The van der Waals surface area contributed by atoms with E-state index in [2.05, 4.69) is 18.4 Å². The molecule has 1 nitrogen and oxygen atoms in total. The van der Waals surface area contributed by atoms with Crippen LogP contribution in [0.25, 0.3) is 10.8 Å². The monoisotopic (exact) mass is 192 g/mol. The maximum absolute atomic E-state index is 5.54. The van der Waals surface area contributed by atoms with Crippen LogP contribution in [0.1, 0.15) is 11.8 Å². The van der Waals surface area contributed by atoms with Crippen LogP contribution in [0, 0.1) is 6.92 Å². The molecular weight excluding hydrogens is 180 g/mol. The second-order valence-electron chi connectivity index (χ2n) is 2.94. The van der Waals surface area contributed by atoms with Gasteiger partial charge in [0.1, 0.15) is 5.75 Å². The van der Waals surface area contributed by atoms with Crippen molar-refractivity contribution in [1.82, 2.24) is 0 Å². The molecule has 0 saturated heterocycles. The lowest BCUT2D eigenvalue weighted by Crippen LogP contribution is -1.90. The third-order valence-electron chi connectivity index (χ3n) is 2.10. The van der Waals surface area contributed by atoms with Crippen LogP contribution in [-0.2, 0) is 0 Å². The summed E-state index contributed by atoms with van der Waals surface area (Å²) in [5.41, 5.74) is 0. The Morgan fingerprint density at radius 1 is 1.31 bits per heavy atom. The molecule has 0 N–H and O–H groups in total. The van der Waals surface area contributed by atoms with Gasteiger partial charge in [-0.2, -0.15) is 0 Å². The van der Waals surface area contributed by atoms with E-state index in [1.54, 1.807) is 11.3 Å². The Bertz CT molecular complexity index is 417. The van der Waals surface area contributed by atoms with E-state index in [0.717, 1.165) is 12.4 Å². The Labute approximate surface area is 82.0 Å². The van der Waals surface area contributed by atoms with Crippen molar-refractivity contribution in [2.24, 2.45) is 0 Å². The Hall–Kier alpha value is -1.02. The minimum atomic E-state index is 0.730. The summed E-state index contributed by atoms with van der Waals surface area (Å²) in [7, 11) is 0. The fraction of sp³-hybridized carbons (Fsp3) is 0.273. The predicted octanol–water partition coefficient (Wildman–Crippen LogP) is 3.61. The predicted molar refractivity (Wildman–Crippen MR) is 57.7 cm³/mol. The number of hydrogen-bond acceptors (Lipinski definition) is 2. The van der Waals surface area contributed by atoms with Gasteiger partial charge in [0, 0.05) is 15.6 Å². The molecule has 68 valence electrons. The molecule has 2 heteroatoms. The highest BCUT2D eigenvalue weighted by Crippen LogP contribution is 2.31. The Kier molecular flexibility index (Phi) is 2.23. The number of rotatable bonds is 2. The number of benzene rings is 1. The SMILES string of the molecule is CCOc1cccc2c(C)scc12. The maximum Gasteiger partial charge on any atom is 0.127 e. The second kappa shape index (κ2) is 3.38. The molecule has 0 bridgehead atoms. The van der Waals surface area contributed by atoms with Gasteiger partial charge in [-0.1, -0.05) is 12.1 Å². The topological polar surface area (TPSA) is 9.23 Å². The van der Waals surface area contributed by atoms with Crippen LogP contribution in [0.5, 0.6) is 5.75 Å². The van der Waals surface area contributed by atoms with Crippen molar-refractivity contribution in [3.05, 3.63) is 28.5 Å². The van der Waals surface area contributed by atoms with Crippen LogP contribution in [-0.4, -0.2) is 6.61 Å². The molecule has 0 saturated carbocycles. The van der Waals surface area contributed by atoms with Gasteiger partial charge in [0.2, 0.25) is 0 Å². The lowest BCUT2D eigenvalue weighted by molar-refractivity contribution is 0.344. The largest absolute Gasteiger partial charge is 0.493 e. The maximum atomic E-state index is 5.54. The van der Waals surface area contributed by atoms with Crippen molar-refractivity contribution >= 4 is 22.1 Å². The highest BCUT2D eigenvalue weighted by atomic mass is 32.1. The van der Waals surface area contributed by atoms with E-state index < -0.39 is 0 Å². The summed E-state index contributed by atoms with van der Waals surface area (Å²) in [5, 5.41) is 4.72. The van der Waals surface area contributed by atoms with E-state index in [0.29, 0.717) is 0 Å². The number of fused-ring (bicyclic) bond motifs is 1. The molecule has 2 aromatic rings. The van der Waals surface area contributed by atoms with Crippen molar-refractivity contribution in [2.75, 3.05) is 6.61 Å². The van der Waals surface area contributed by atoms with Gasteiger partial charge in [-0.3, -0.25) is 0 Å². The first kappa shape index (κ1) is 8.57. The highest BCUT2D eigenvalue weighted by Gasteiger charge is 2.04. The van der Waals surface area contributed by atoms with Crippen LogP contribution < -0.4 is 4.74 Å². The first-order valence-corrected chi connectivity index (χ1v) is 5.30.